The van der Waals surface area contributed by atoms with Crippen LogP contribution in [0.15, 0.2) is 29.4 Å². The molecule has 144 valence electrons. The Labute approximate surface area is 150 Å². The number of amides is 1. The van der Waals surface area contributed by atoms with Gasteiger partial charge < -0.3 is 9.84 Å². The maximum absolute atomic E-state index is 13.4. The fraction of sp³-hybridized carbons (Fsp3) is 0.556. The predicted molar refractivity (Wildman–Crippen MR) is 90.7 cm³/mol. The molecule has 2 rings (SSSR count). The van der Waals surface area contributed by atoms with Gasteiger partial charge in [-0.2, -0.15) is 23.3 Å². The highest BCUT2D eigenvalue weighted by atomic mass is 19.4. The molecule has 0 spiro atoms. The maximum Gasteiger partial charge on any atom is 0.438 e. The molecule has 1 aromatic rings. The molecule has 0 radical (unpaired) electrons. The van der Waals surface area contributed by atoms with Gasteiger partial charge >= 0.3 is 6.18 Å². The van der Waals surface area contributed by atoms with Crippen LogP contribution in [0.1, 0.15) is 38.7 Å². The van der Waals surface area contributed by atoms with E-state index in [1.807, 2.05) is 13.8 Å². The monoisotopic (exact) mass is 372 g/mol. The molecule has 1 heterocycles. The Morgan fingerprint density at radius 1 is 1.35 bits per heavy atom. The van der Waals surface area contributed by atoms with E-state index >= 15 is 0 Å². The van der Waals surface area contributed by atoms with Crippen LogP contribution in [0.4, 0.5) is 13.2 Å². The number of halogens is 3. The Hall–Kier alpha value is -2.09. The Kier molecular flexibility index (Phi) is 5.95. The second-order valence-corrected chi connectivity index (χ2v) is 6.82. The van der Waals surface area contributed by atoms with Crippen molar-refractivity contribution in [2.24, 2.45) is 11.0 Å². The maximum atomic E-state index is 13.4. The summed E-state index contributed by atoms with van der Waals surface area (Å²) in [7, 11) is 1.49. The van der Waals surface area contributed by atoms with Crippen molar-refractivity contribution in [3.8, 4) is 5.75 Å². The van der Waals surface area contributed by atoms with Crippen molar-refractivity contribution in [1.29, 1.82) is 0 Å². The van der Waals surface area contributed by atoms with Crippen molar-refractivity contribution in [2.75, 3.05) is 7.11 Å². The number of rotatable bonds is 6. The lowest BCUT2D eigenvalue weighted by Gasteiger charge is -2.32. The van der Waals surface area contributed by atoms with Crippen molar-refractivity contribution >= 4 is 11.6 Å². The first kappa shape index (κ1) is 20.2. The van der Waals surface area contributed by atoms with Gasteiger partial charge in [0, 0.05) is 12.1 Å². The lowest BCUT2D eigenvalue weighted by atomic mass is 9.99. The minimum Gasteiger partial charge on any atom is -0.497 e. The summed E-state index contributed by atoms with van der Waals surface area (Å²) in [5, 5.41) is 14.2. The predicted octanol–water partition coefficient (Wildman–Crippen LogP) is 3.51. The third-order valence-corrected chi connectivity index (χ3v) is 4.26. The third-order valence-electron chi connectivity index (χ3n) is 4.26. The lowest BCUT2D eigenvalue weighted by molar-refractivity contribution is -0.302. The largest absolute Gasteiger partial charge is 0.497 e. The van der Waals surface area contributed by atoms with E-state index in [0.29, 0.717) is 24.2 Å². The fourth-order valence-corrected chi connectivity index (χ4v) is 2.69. The molecule has 0 aliphatic carbocycles. The normalized spacial score (nSPS) is 20.5. The summed E-state index contributed by atoms with van der Waals surface area (Å²) in [5.41, 5.74) is -2.60. The Bertz CT molecular complexity index is 671. The van der Waals surface area contributed by atoms with Gasteiger partial charge in [0.1, 0.15) is 5.75 Å². The van der Waals surface area contributed by atoms with Gasteiger partial charge in [-0.05, 0) is 36.5 Å². The number of methoxy groups -OCH3 is 1. The molecule has 1 aliphatic heterocycles. The van der Waals surface area contributed by atoms with Gasteiger partial charge in [-0.15, -0.1) is 0 Å². The summed E-state index contributed by atoms with van der Waals surface area (Å²) >= 11 is 0. The van der Waals surface area contributed by atoms with Gasteiger partial charge in [0.05, 0.1) is 13.5 Å². The topological polar surface area (TPSA) is 62.1 Å². The summed E-state index contributed by atoms with van der Waals surface area (Å²) in [6, 6.07) is 6.39. The molecule has 5 nitrogen and oxygen atoms in total. The van der Waals surface area contributed by atoms with E-state index in [2.05, 4.69) is 5.10 Å². The standard InChI is InChI=1S/C18H23F3N2O3/c1-12(2)4-7-14-11-17(25,18(19,20)21)23(22-14)16(24)10-13-5-8-15(26-3)9-6-13/h5-6,8-9,12,25H,4,7,10-11H2,1-3H3/t17-/m1/s1. The SMILES string of the molecule is COc1ccc(CC(=O)N2N=C(CCC(C)C)C[C@@]2(O)C(F)(F)F)cc1. The molecule has 1 amide bonds. The van der Waals surface area contributed by atoms with Crippen molar-refractivity contribution in [3.05, 3.63) is 29.8 Å². The van der Waals surface area contributed by atoms with Crippen LogP contribution in [0.25, 0.3) is 0 Å². The Morgan fingerprint density at radius 2 is 1.96 bits per heavy atom. The second-order valence-electron chi connectivity index (χ2n) is 6.82. The number of benzene rings is 1. The van der Waals surface area contributed by atoms with Gasteiger partial charge in [0.15, 0.2) is 0 Å². The van der Waals surface area contributed by atoms with Crippen LogP contribution in [-0.2, 0) is 11.2 Å². The molecule has 0 aromatic heterocycles. The summed E-state index contributed by atoms with van der Waals surface area (Å²) in [6.07, 6.45) is -5.07. The number of carbonyl (C=O) groups excluding carboxylic acids is 1. The second kappa shape index (κ2) is 7.65. The highest BCUT2D eigenvalue weighted by Crippen LogP contribution is 2.41. The average Bonchev–Trinajstić information content (AvgIpc) is 2.92. The minimum atomic E-state index is -4.99. The molecule has 8 heteroatoms. The molecule has 26 heavy (non-hydrogen) atoms. The van der Waals surface area contributed by atoms with Gasteiger partial charge in [0.25, 0.3) is 5.72 Å². The molecule has 0 saturated carbocycles. The zero-order chi connectivity index (χ0) is 19.5. The highest BCUT2D eigenvalue weighted by molar-refractivity contribution is 5.91. The quantitative estimate of drug-likeness (QED) is 0.831. The summed E-state index contributed by atoms with van der Waals surface area (Å²) in [6.45, 7) is 3.89. The van der Waals surface area contributed by atoms with Crippen molar-refractivity contribution in [3.63, 3.8) is 0 Å². The zero-order valence-electron chi connectivity index (χ0n) is 15.0. The van der Waals surface area contributed by atoms with Gasteiger partial charge in [0.2, 0.25) is 5.91 Å². The molecule has 1 aliphatic rings. The fourth-order valence-electron chi connectivity index (χ4n) is 2.69. The van der Waals surface area contributed by atoms with E-state index in [4.69, 9.17) is 4.74 Å². The third kappa shape index (κ3) is 4.35. The van der Waals surface area contributed by atoms with Crippen LogP contribution in [-0.4, -0.2) is 40.7 Å². The molecule has 1 N–H and O–H groups in total. The summed E-state index contributed by atoms with van der Waals surface area (Å²) in [4.78, 5) is 12.4. The van der Waals surface area contributed by atoms with E-state index in [9.17, 15) is 23.1 Å². The first-order valence-corrected chi connectivity index (χ1v) is 8.38. The molecular weight excluding hydrogens is 349 g/mol. The minimum absolute atomic E-state index is 0.182. The molecule has 0 bridgehead atoms. The Morgan fingerprint density at radius 3 is 2.46 bits per heavy atom. The molecule has 0 saturated heterocycles. The summed E-state index contributed by atoms with van der Waals surface area (Å²) in [5.74, 6) is -0.0570. The Balaban J connectivity index is 2.20. The van der Waals surface area contributed by atoms with E-state index < -0.39 is 24.2 Å². The van der Waals surface area contributed by atoms with Crippen LogP contribution >= 0.6 is 0 Å². The van der Waals surface area contributed by atoms with Gasteiger partial charge in [-0.1, -0.05) is 26.0 Å². The van der Waals surface area contributed by atoms with E-state index in [-0.39, 0.29) is 23.1 Å². The number of carbonyl (C=O) groups is 1. The van der Waals surface area contributed by atoms with Crippen molar-refractivity contribution < 1.29 is 27.8 Å². The molecule has 1 atom stereocenters. The van der Waals surface area contributed by atoms with E-state index in [1.165, 1.54) is 7.11 Å². The average molecular weight is 372 g/mol. The molecule has 1 aromatic carbocycles. The van der Waals surface area contributed by atoms with Crippen LogP contribution in [0.2, 0.25) is 0 Å². The van der Waals surface area contributed by atoms with E-state index in [1.54, 1.807) is 24.3 Å². The zero-order valence-corrected chi connectivity index (χ0v) is 15.0. The first-order chi connectivity index (χ1) is 12.1. The van der Waals surface area contributed by atoms with Crippen LogP contribution in [0, 0.1) is 5.92 Å². The number of nitrogens with zero attached hydrogens (tertiary/aromatic N) is 2. The van der Waals surface area contributed by atoms with Crippen LogP contribution < -0.4 is 4.74 Å². The first-order valence-electron chi connectivity index (χ1n) is 8.38. The number of aliphatic hydroxyl groups is 1. The van der Waals surface area contributed by atoms with E-state index in [0.717, 1.165) is 0 Å². The number of alkyl halides is 3. The molecule has 0 fully saturated rings. The number of hydrogen-bond donors (Lipinski definition) is 1. The van der Waals surface area contributed by atoms with Crippen LogP contribution in [0.3, 0.4) is 0 Å². The number of hydrogen-bond acceptors (Lipinski definition) is 4. The summed E-state index contributed by atoms with van der Waals surface area (Å²) < 4.78 is 45.3. The van der Waals surface area contributed by atoms with Crippen LogP contribution in [0.5, 0.6) is 5.75 Å². The van der Waals surface area contributed by atoms with Gasteiger partial charge in [-0.3, -0.25) is 4.79 Å². The molecular formula is C18H23F3N2O3. The highest BCUT2D eigenvalue weighted by Gasteiger charge is 2.62. The smallest absolute Gasteiger partial charge is 0.438 e. The van der Waals surface area contributed by atoms with Gasteiger partial charge in [-0.25, -0.2) is 0 Å². The lowest BCUT2D eigenvalue weighted by Crippen LogP contribution is -2.57. The molecule has 0 unspecified atom stereocenters. The number of hydrazone groups is 1. The number of ether oxygens (including phenoxy) is 1. The van der Waals surface area contributed by atoms with Crippen molar-refractivity contribution in [2.45, 2.75) is 51.4 Å². The van der Waals surface area contributed by atoms with Crippen molar-refractivity contribution in [1.82, 2.24) is 5.01 Å².